The Bertz CT molecular complexity index is 1110. The van der Waals surface area contributed by atoms with Gasteiger partial charge in [-0.05, 0) is 64.9 Å². The van der Waals surface area contributed by atoms with Crippen LogP contribution in [0.5, 0.6) is 5.75 Å². The number of benzene rings is 3. The predicted octanol–water partition coefficient (Wildman–Crippen LogP) is 5.05. The van der Waals surface area contributed by atoms with E-state index in [-0.39, 0.29) is 11.3 Å². The number of rotatable bonds is 3. The molecular weight excluding hydrogens is 341 g/mol. The van der Waals surface area contributed by atoms with E-state index in [0.29, 0.717) is 5.56 Å². The molecule has 4 rings (SSSR count). The second-order valence-electron chi connectivity index (χ2n) is 6.54. The highest BCUT2D eigenvalue weighted by Crippen LogP contribution is 2.37. The van der Waals surface area contributed by atoms with Gasteiger partial charge in [-0.1, -0.05) is 31.2 Å². The molecule has 0 heterocycles. The van der Waals surface area contributed by atoms with E-state index in [2.05, 4.69) is 25.1 Å². The number of hydrogen-bond donors (Lipinski definition) is 0. The highest BCUT2D eigenvalue weighted by molar-refractivity contribution is 5.93. The zero-order chi connectivity index (χ0) is 19.0. The molecule has 132 valence electrons. The Morgan fingerprint density at radius 2 is 1.81 bits per heavy atom. The van der Waals surface area contributed by atoms with Crippen molar-refractivity contribution >= 4 is 5.97 Å². The lowest BCUT2D eigenvalue weighted by Crippen LogP contribution is -2.09. The molecule has 3 nitrogen and oxygen atoms in total. The lowest BCUT2D eigenvalue weighted by Gasteiger charge is -2.07. The number of halogens is 1. The fraction of sp³-hybridized carbons (Fsp3) is 0.130. The Labute approximate surface area is 156 Å². The summed E-state index contributed by atoms with van der Waals surface area (Å²) in [7, 11) is 0. The van der Waals surface area contributed by atoms with Crippen LogP contribution in [0, 0.1) is 17.1 Å². The van der Waals surface area contributed by atoms with E-state index in [1.54, 1.807) is 12.1 Å². The summed E-state index contributed by atoms with van der Waals surface area (Å²) in [5, 5.41) is 8.77. The first-order chi connectivity index (χ1) is 13.1. The van der Waals surface area contributed by atoms with Crippen LogP contribution in [-0.4, -0.2) is 5.97 Å². The number of fused-ring (bicyclic) bond motifs is 3. The molecule has 0 amide bonds. The van der Waals surface area contributed by atoms with Gasteiger partial charge in [0.15, 0.2) is 0 Å². The van der Waals surface area contributed by atoms with Crippen molar-refractivity contribution in [2.75, 3.05) is 0 Å². The summed E-state index contributed by atoms with van der Waals surface area (Å²) in [6.45, 7) is 2.13. The molecular formula is C23H16FNO2. The molecule has 0 radical (unpaired) electrons. The number of ether oxygens (including phenoxy) is 1. The zero-order valence-electron chi connectivity index (χ0n) is 14.8. The topological polar surface area (TPSA) is 50.1 Å². The SMILES string of the molecule is CCc1ccc2c(c1)Cc1cc(C(=O)Oc3ccc(C#N)c(F)c3)ccc1-2. The van der Waals surface area contributed by atoms with Crippen molar-refractivity contribution in [2.24, 2.45) is 0 Å². The molecule has 0 spiro atoms. The van der Waals surface area contributed by atoms with E-state index in [0.717, 1.165) is 30.0 Å². The summed E-state index contributed by atoms with van der Waals surface area (Å²) in [4.78, 5) is 12.4. The van der Waals surface area contributed by atoms with Crippen molar-refractivity contribution < 1.29 is 13.9 Å². The van der Waals surface area contributed by atoms with Crippen LogP contribution >= 0.6 is 0 Å². The first kappa shape index (κ1) is 17.0. The second-order valence-corrected chi connectivity index (χ2v) is 6.54. The third kappa shape index (κ3) is 3.09. The molecule has 1 aliphatic carbocycles. The molecule has 0 bridgehead atoms. The van der Waals surface area contributed by atoms with Crippen LogP contribution in [0.15, 0.2) is 54.6 Å². The van der Waals surface area contributed by atoms with Gasteiger partial charge in [0.1, 0.15) is 17.6 Å². The van der Waals surface area contributed by atoms with Crippen LogP contribution in [0.3, 0.4) is 0 Å². The van der Waals surface area contributed by atoms with Crippen molar-refractivity contribution in [1.82, 2.24) is 0 Å². The Hall–Kier alpha value is -3.45. The van der Waals surface area contributed by atoms with Crippen molar-refractivity contribution in [3.8, 4) is 22.9 Å². The minimum Gasteiger partial charge on any atom is -0.423 e. The smallest absolute Gasteiger partial charge is 0.343 e. The summed E-state index contributed by atoms with van der Waals surface area (Å²) in [6, 6.07) is 17.5. The van der Waals surface area contributed by atoms with Gasteiger partial charge in [-0.3, -0.25) is 0 Å². The maximum absolute atomic E-state index is 13.7. The highest BCUT2D eigenvalue weighted by Gasteiger charge is 2.21. The van der Waals surface area contributed by atoms with E-state index in [9.17, 15) is 9.18 Å². The molecule has 0 saturated heterocycles. The third-order valence-corrected chi connectivity index (χ3v) is 4.86. The fourth-order valence-corrected chi connectivity index (χ4v) is 3.43. The monoisotopic (exact) mass is 357 g/mol. The van der Waals surface area contributed by atoms with Crippen molar-refractivity contribution in [3.63, 3.8) is 0 Å². The van der Waals surface area contributed by atoms with Gasteiger partial charge in [0, 0.05) is 6.07 Å². The Kier molecular flexibility index (Phi) is 4.21. The van der Waals surface area contributed by atoms with Crippen LogP contribution in [-0.2, 0) is 12.8 Å². The average molecular weight is 357 g/mol. The summed E-state index contributed by atoms with van der Waals surface area (Å²) < 4.78 is 18.9. The van der Waals surface area contributed by atoms with Crippen LogP contribution < -0.4 is 4.74 Å². The number of hydrogen-bond acceptors (Lipinski definition) is 3. The van der Waals surface area contributed by atoms with Gasteiger partial charge >= 0.3 is 5.97 Å². The summed E-state index contributed by atoms with van der Waals surface area (Å²) >= 11 is 0. The Balaban J connectivity index is 1.58. The molecule has 1 aliphatic rings. The quantitative estimate of drug-likeness (QED) is 0.381. The summed E-state index contributed by atoms with van der Waals surface area (Å²) in [5.41, 5.74) is 6.32. The van der Waals surface area contributed by atoms with Crippen LogP contribution in [0.4, 0.5) is 4.39 Å². The number of carbonyl (C=O) groups is 1. The third-order valence-electron chi connectivity index (χ3n) is 4.86. The minimum atomic E-state index is -0.709. The number of esters is 1. The van der Waals surface area contributed by atoms with Gasteiger partial charge in [-0.2, -0.15) is 5.26 Å². The van der Waals surface area contributed by atoms with Gasteiger partial charge in [0.05, 0.1) is 11.1 Å². The van der Waals surface area contributed by atoms with E-state index in [4.69, 9.17) is 10.00 Å². The Morgan fingerprint density at radius 1 is 1.07 bits per heavy atom. The molecule has 0 aromatic heterocycles. The van der Waals surface area contributed by atoms with Crippen LogP contribution in [0.2, 0.25) is 0 Å². The number of nitrogens with zero attached hydrogens (tertiary/aromatic N) is 1. The second kappa shape index (κ2) is 6.69. The van der Waals surface area contributed by atoms with Gasteiger partial charge in [-0.25, -0.2) is 9.18 Å². The van der Waals surface area contributed by atoms with Crippen molar-refractivity contribution in [3.05, 3.63) is 88.2 Å². The Morgan fingerprint density at radius 3 is 2.52 bits per heavy atom. The van der Waals surface area contributed by atoms with E-state index in [1.807, 2.05) is 12.1 Å². The maximum atomic E-state index is 13.7. The predicted molar refractivity (Wildman–Crippen MR) is 100 cm³/mol. The standard InChI is InChI=1S/C23H16FNO2/c1-2-14-3-7-20-17(9-14)11-18-10-15(5-8-21(18)20)23(26)27-19-6-4-16(13-25)22(24)12-19/h3-10,12H,2,11H2,1H3. The molecule has 0 unspecified atom stereocenters. The first-order valence-corrected chi connectivity index (χ1v) is 8.76. The fourth-order valence-electron chi connectivity index (χ4n) is 3.43. The molecule has 3 aromatic carbocycles. The van der Waals surface area contributed by atoms with Gasteiger partial charge in [0.2, 0.25) is 0 Å². The lowest BCUT2D eigenvalue weighted by atomic mass is 10.0. The van der Waals surface area contributed by atoms with E-state index in [1.165, 1.54) is 28.8 Å². The van der Waals surface area contributed by atoms with Crippen LogP contribution in [0.1, 0.15) is 39.5 Å². The molecule has 3 aromatic rings. The lowest BCUT2D eigenvalue weighted by molar-refractivity contribution is 0.0734. The number of carbonyl (C=O) groups excluding carboxylic acids is 1. The molecule has 0 atom stereocenters. The first-order valence-electron chi connectivity index (χ1n) is 8.76. The molecule has 4 heteroatoms. The van der Waals surface area contributed by atoms with E-state index >= 15 is 0 Å². The van der Waals surface area contributed by atoms with Gasteiger partial charge < -0.3 is 4.74 Å². The zero-order valence-corrected chi connectivity index (χ0v) is 14.8. The summed E-state index contributed by atoms with van der Waals surface area (Å²) in [5.74, 6) is -1.18. The molecule has 0 fully saturated rings. The van der Waals surface area contributed by atoms with Gasteiger partial charge in [0.25, 0.3) is 0 Å². The van der Waals surface area contributed by atoms with Crippen LogP contribution in [0.25, 0.3) is 11.1 Å². The van der Waals surface area contributed by atoms with Gasteiger partial charge in [-0.15, -0.1) is 0 Å². The van der Waals surface area contributed by atoms with Crippen molar-refractivity contribution in [1.29, 1.82) is 5.26 Å². The maximum Gasteiger partial charge on any atom is 0.343 e. The molecule has 0 N–H and O–H groups in total. The van der Waals surface area contributed by atoms with E-state index < -0.39 is 11.8 Å². The number of aryl methyl sites for hydroxylation is 1. The molecule has 0 saturated carbocycles. The summed E-state index contributed by atoms with van der Waals surface area (Å²) in [6.07, 6.45) is 1.77. The normalized spacial score (nSPS) is 11.4. The molecule has 27 heavy (non-hydrogen) atoms. The minimum absolute atomic E-state index is 0.0767. The molecule has 0 aliphatic heterocycles. The largest absolute Gasteiger partial charge is 0.423 e. The average Bonchev–Trinajstić information content (AvgIpc) is 3.04. The number of nitriles is 1. The highest BCUT2D eigenvalue weighted by atomic mass is 19.1. The van der Waals surface area contributed by atoms with Crippen molar-refractivity contribution in [2.45, 2.75) is 19.8 Å².